The van der Waals surface area contributed by atoms with Crippen LogP contribution in [0.2, 0.25) is 0 Å². The van der Waals surface area contributed by atoms with Crippen LogP contribution in [0.25, 0.3) is 0 Å². The second-order valence-corrected chi connectivity index (χ2v) is 4.40. The zero-order chi connectivity index (χ0) is 13.0. The van der Waals surface area contributed by atoms with Gasteiger partial charge in [-0.1, -0.05) is 18.7 Å². The van der Waals surface area contributed by atoms with Gasteiger partial charge < -0.3 is 9.15 Å². The normalized spacial score (nSPS) is 10.6. The van der Waals surface area contributed by atoms with Crippen LogP contribution in [0.1, 0.15) is 28.9 Å². The lowest BCUT2D eigenvalue weighted by molar-refractivity contribution is 0.0598. The van der Waals surface area contributed by atoms with Crippen molar-refractivity contribution < 1.29 is 13.9 Å². The molecule has 6 nitrogen and oxygen atoms in total. The molecule has 0 unspecified atom stereocenters. The van der Waals surface area contributed by atoms with Crippen molar-refractivity contribution in [3.8, 4) is 0 Å². The van der Waals surface area contributed by atoms with Gasteiger partial charge in [-0.2, -0.15) is 0 Å². The molecule has 0 spiro atoms. The van der Waals surface area contributed by atoms with E-state index in [-0.39, 0.29) is 0 Å². The molecule has 7 heteroatoms. The van der Waals surface area contributed by atoms with Crippen LogP contribution in [0.5, 0.6) is 0 Å². The number of aryl methyl sites for hydroxylation is 1. The molecule has 0 amide bonds. The van der Waals surface area contributed by atoms with Crippen LogP contribution >= 0.6 is 11.8 Å². The van der Waals surface area contributed by atoms with E-state index in [1.165, 1.54) is 25.1 Å². The van der Waals surface area contributed by atoms with Crippen LogP contribution in [0, 0.1) is 0 Å². The summed E-state index contributed by atoms with van der Waals surface area (Å²) in [5, 5.41) is 7.52. The van der Waals surface area contributed by atoms with Crippen molar-refractivity contribution in [3.05, 3.63) is 29.5 Å². The summed E-state index contributed by atoms with van der Waals surface area (Å²) >= 11 is 1.40. The van der Waals surface area contributed by atoms with E-state index in [4.69, 9.17) is 4.42 Å². The molecule has 0 fully saturated rings. The largest absolute Gasteiger partial charge is 0.468 e. The first-order valence-electron chi connectivity index (χ1n) is 5.43. The number of thioether (sulfide) groups is 1. The van der Waals surface area contributed by atoms with Crippen LogP contribution in [0.4, 0.5) is 0 Å². The Labute approximate surface area is 108 Å². The highest BCUT2D eigenvalue weighted by atomic mass is 32.2. The molecule has 0 aliphatic rings. The van der Waals surface area contributed by atoms with E-state index >= 15 is 0 Å². The molecule has 0 atom stereocenters. The van der Waals surface area contributed by atoms with Crippen molar-refractivity contribution in [1.29, 1.82) is 0 Å². The van der Waals surface area contributed by atoms with Gasteiger partial charge in [0.05, 0.1) is 19.1 Å². The summed E-state index contributed by atoms with van der Waals surface area (Å²) < 4.78 is 9.92. The maximum Gasteiger partial charge on any atom is 0.341 e. The van der Waals surface area contributed by atoms with Gasteiger partial charge in [-0.25, -0.2) is 9.78 Å². The van der Waals surface area contributed by atoms with E-state index in [0.29, 0.717) is 22.2 Å². The Morgan fingerprint density at radius 1 is 1.61 bits per heavy atom. The highest BCUT2D eigenvalue weighted by Crippen LogP contribution is 2.22. The summed E-state index contributed by atoms with van der Waals surface area (Å²) in [4.78, 5) is 15.7. The number of nitrogens with one attached hydrogen (secondary N) is 1. The lowest BCUT2D eigenvalue weighted by atomic mass is 10.3. The first kappa shape index (κ1) is 12.7. The van der Waals surface area contributed by atoms with Gasteiger partial charge in [0.25, 0.3) is 0 Å². The highest BCUT2D eigenvalue weighted by molar-refractivity contribution is 7.98. The number of ether oxygens (including phenoxy) is 1. The maximum absolute atomic E-state index is 11.4. The summed E-state index contributed by atoms with van der Waals surface area (Å²) in [6, 6.07) is 1.59. The predicted octanol–water partition coefficient (Wildman–Crippen LogP) is 2.04. The number of methoxy groups -OCH3 is 1. The first-order valence-corrected chi connectivity index (χ1v) is 6.42. The van der Waals surface area contributed by atoms with E-state index in [1.54, 1.807) is 6.07 Å². The molecule has 0 saturated carbocycles. The minimum absolute atomic E-state index is 0.399. The average molecular weight is 267 g/mol. The van der Waals surface area contributed by atoms with E-state index < -0.39 is 5.97 Å². The van der Waals surface area contributed by atoms with Crippen molar-refractivity contribution in [2.75, 3.05) is 7.11 Å². The van der Waals surface area contributed by atoms with Gasteiger partial charge in [0.2, 0.25) is 5.16 Å². The molecule has 18 heavy (non-hydrogen) atoms. The number of hydrogen-bond acceptors (Lipinski definition) is 6. The van der Waals surface area contributed by atoms with Crippen molar-refractivity contribution in [1.82, 2.24) is 15.2 Å². The topological polar surface area (TPSA) is 81.0 Å². The van der Waals surface area contributed by atoms with E-state index in [1.807, 2.05) is 6.92 Å². The minimum Gasteiger partial charge on any atom is -0.468 e. The molecule has 0 saturated heterocycles. The number of rotatable bonds is 5. The van der Waals surface area contributed by atoms with Gasteiger partial charge in [-0.15, -0.1) is 5.10 Å². The van der Waals surface area contributed by atoms with Crippen molar-refractivity contribution >= 4 is 17.7 Å². The van der Waals surface area contributed by atoms with Crippen LogP contribution in [-0.2, 0) is 16.9 Å². The molecule has 0 bridgehead atoms. The molecule has 2 aromatic rings. The average Bonchev–Trinajstić information content (AvgIpc) is 3.03. The molecular formula is C11H13N3O3S. The van der Waals surface area contributed by atoms with Crippen LogP contribution in [0.3, 0.4) is 0 Å². The Balaban J connectivity index is 2.02. The van der Waals surface area contributed by atoms with Gasteiger partial charge >= 0.3 is 5.97 Å². The number of carbonyl (C=O) groups is 1. The first-order chi connectivity index (χ1) is 8.74. The fraction of sp³-hybridized carbons (Fsp3) is 0.364. The monoisotopic (exact) mass is 267 g/mol. The second-order valence-electron chi connectivity index (χ2n) is 3.46. The van der Waals surface area contributed by atoms with Gasteiger partial charge in [0.15, 0.2) is 0 Å². The Kier molecular flexibility index (Phi) is 4.03. The molecule has 0 aliphatic heterocycles. The fourth-order valence-corrected chi connectivity index (χ4v) is 2.14. The zero-order valence-electron chi connectivity index (χ0n) is 10.1. The highest BCUT2D eigenvalue weighted by Gasteiger charge is 2.15. The smallest absolute Gasteiger partial charge is 0.341 e. The summed E-state index contributed by atoms with van der Waals surface area (Å²) in [6.07, 6.45) is 2.28. The number of aromatic nitrogens is 3. The third-order valence-corrected chi connectivity index (χ3v) is 3.18. The van der Waals surface area contributed by atoms with Crippen LogP contribution in [-0.4, -0.2) is 28.3 Å². The SMILES string of the molecule is CCc1nc(SCc2occc2C(=O)OC)n[nH]1. The van der Waals surface area contributed by atoms with Crippen LogP contribution in [0.15, 0.2) is 21.9 Å². The van der Waals surface area contributed by atoms with Crippen molar-refractivity contribution in [2.24, 2.45) is 0 Å². The van der Waals surface area contributed by atoms with Gasteiger partial charge in [-0.3, -0.25) is 5.10 Å². The molecule has 0 aromatic carbocycles. The number of nitrogens with zero attached hydrogens (tertiary/aromatic N) is 2. The Morgan fingerprint density at radius 2 is 2.44 bits per heavy atom. The number of aromatic amines is 1. The Hall–Kier alpha value is -1.76. The molecule has 0 radical (unpaired) electrons. The Morgan fingerprint density at radius 3 is 3.11 bits per heavy atom. The third-order valence-electron chi connectivity index (χ3n) is 2.33. The number of H-pyrrole nitrogens is 1. The maximum atomic E-state index is 11.4. The fourth-order valence-electron chi connectivity index (χ4n) is 1.37. The summed E-state index contributed by atoms with van der Waals surface area (Å²) in [5.41, 5.74) is 0.441. The molecular weight excluding hydrogens is 254 g/mol. The second kappa shape index (κ2) is 5.72. The van der Waals surface area contributed by atoms with E-state index in [9.17, 15) is 4.79 Å². The van der Waals surface area contributed by atoms with Gasteiger partial charge in [0, 0.05) is 6.42 Å². The zero-order valence-corrected chi connectivity index (χ0v) is 10.9. The molecule has 2 aromatic heterocycles. The lowest BCUT2D eigenvalue weighted by Gasteiger charge is -1.98. The third kappa shape index (κ3) is 2.73. The van der Waals surface area contributed by atoms with Crippen molar-refractivity contribution in [2.45, 2.75) is 24.3 Å². The summed E-state index contributed by atoms with van der Waals surface area (Å²) in [6.45, 7) is 2.00. The van der Waals surface area contributed by atoms with Crippen LogP contribution < -0.4 is 0 Å². The molecule has 2 heterocycles. The van der Waals surface area contributed by atoms with Gasteiger partial charge in [-0.05, 0) is 6.07 Å². The van der Waals surface area contributed by atoms with Gasteiger partial charge in [0.1, 0.15) is 17.1 Å². The predicted molar refractivity (Wildman–Crippen MR) is 65.4 cm³/mol. The Bertz CT molecular complexity index is 535. The number of carbonyl (C=O) groups excluding carboxylic acids is 1. The lowest BCUT2D eigenvalue weighted by Crippen LogP contribution is -2.02. The molecule has 2 rings (SSSR count). The van der Waals surface area contributed by atoms with E-state index in [0.717, 1.165) is 12.2 Å². The number of furan rings is 1. The summed E-state index contributed by atoms with van der Waals surface area (Å²) in [7, 11) is 1.34. The number of esters is 1. The van der Waals surface area contributed by atoms with E-state index in [2.05, 4.69) is 19.9 Å². The molecule has 0 aliphatic carbocycles. The summed E-state index contributed by atoms with van der Waals surface area (Å²) in [5.74, 6) is 1.49. The standard InChI is InChI=1S/C11H13N3O3S/c1-3-9-12-11(14-13-9)18-6-8-7(4-5-17-8)10(15)16-2/h4-5H,3,6H2,1-2H3,(H,12,13,14). The quantitative estimate of drug-likeness (QED) is 0.659. The minimum atomic E-state index is -0.399. The number of hydrogen-bond donors (Lipinski definition) is 1. The molecule has 1 N–H and O–H groups in total. The molecule has 96 valence electrons. The van der Waals surface area contributed by atoms with Crippen molar-refractivity contribution in [3.63, 3.8) is 0 Å².